The Morgan fingerprint density at radius 3 is 2.05 bits per heavy atom. The lowest BCUT2D eigenvalue weighted by molar-refractivity contribution is -0.851. The number of carbonyl (C=O) groups excluding carboxylic acids is 1. The van der Waals surface area contributed by atoms with E-state index in [2.05, 4.69) is 15.0 Å². The Labute approximate surface area is 115 Å². The fourth-order valence-electron chi connectivity index (χ4n) is 1.24. The normalized spacial score (nSPS) is 12.1. The summed E-state index contributed by atoms with van der Waals surface area (Å²) < 4.78 is 0. The van der Waals surface area contributed by atoms with Crippen LogP contribution in [-0.2, 0) is 14.5 Å². The standard InChI is InChI=1S/C10H19N3O7/c1-7(2)8(3)11-9(14)5-4-6-10(19-12(15)16)20-13(17)18/h7-8,10H,4-6H2,1-3H3,(H,11,14). The lowest BCUT2D eigenvalue weighted by Crippen LogP contribution is -2.36. The number of hydrogen-bond donors (Lipinski definition) is 1. The van der Waals surface area contributed by atoms with Gasteiger partial charge >= 0.3 is 0 Å². The molecule has 1 unspecified atom stereocenters. The van der Waals surface area contributed by atoms with Crippen LogP contribution < -0.4 is 5.32 Å². The Bertz CT molecular complexity index is 332. The molecule has 20 heavy (non-hydrogen) atoms. The topological polar surface area (TPSA) is 134 Å². The van der Waals surface area contributed by atoms with Crippen LogP contribution in [0.4, 0.5) is 0 Å². The third-order valence-corrected chi connectivity index (χ3v) is 2.64. The van der Waals surface area contributed by atoms with E-state index in [0.29, 0.717) is 0 Å². The highest BCUT2D eigenvalue weighted by Gasteiger charge is 2.18. The highest BCUT2D eigenvalue weighted by Crippen LogP contribution is 2.08. The van der Waals surface area contributed by atoms with E-state index in [1.54, 1.807) is 0 Å². The minimum Gasteiger partial charge on any atom is -0.353 e. The minimum atomic E-state index is -1.62. The van der Waals surface area contributed by atoms with Crippen molar-refractivity contribution in [2.75, 3.05) is 0 Å². The molecule has 0 aliphatic carbocycles. The summed E-state index contributed by atoms with van der Waals surface area (Å²) in [6, 6.07) is 0.00310. The predicted octanol–water partition coefficient (Wildman–Crippen LogP) is 1.06. The van der Waals surface area contributed by atoms with Crippen molar-refractivity contribution in [2.24, 2.45) is 5.92 Å². The van der Waals surface area contributed by atoms with Crippen molar-refractivity contribution in [2.45, 2.75) is 52.4 Å². The van der Waals surface area contributed by atoms with Crippen LogP contribution in [-0.4, -0.2) is 28.4 Å². The van der Waals surface area contributed by atoms with E-state index in [1.165, 1.54) is 0 Å². The summed E-state index contributed by atoms with van der Waals surface area (Å²) in [5, 5.41) is 20.6. The van der Waals surface area contributed by atoms with Crippen molar-refractivity contribution in [3.05, 3.63) is 20.2 Å². The van der Waals surface area contributed by atoms with Gasteiger partial charge in [-0.05, 0) is 25.7 Å². The Hall–Kier alpha value is -2.13. The molecule has 0 aromatic rings. The Balaban J connectivity index is 4.06. The number of nitrogens with one attached hydrogen (secondary N) is 1. The Morgan fingerprint density at radius 1 is 1.15 bits per heavy atom. The third kappa shape index (κ3) is 8.89. The van der Waals surface area contributed by atoms with E-state index in [1.807, 2.05) is 20.8 Å². The molecule has 0 heterocycles. The van der Waals surface area contributed by atoms with Crippen LogP contribution in [0.25, 0.3) is 0 Å². The minimum absolute atomic E-state index is 0.00310. The summed E-state index contributed by atoms with van der Waals surface area (Å²) in [7, 11) is 0. The fraction of sp³-hybridized carbons (Fsp3) is 0.900. The van der Waals surface area contributed by atoms with Gasteiger partial charge in [-0.15, -0.1) is 20.2 Å². The summed E-state index contributed by atoms with van der Waals surface area (Å²) in [6.07, 6.45) is -1.50. The molecule has 0 fully saturated rings. The van der Waals surface area contributed by atoms with E-state index in [0.717, 1.165) is 0 Å². The molecule has 0 aromatic heterocycles. The molecule has 0 bridgehead atoms. The highest BCUT2D eigenvalue weighted by atomic mass is 17.0. The van der Waals surface area contributed by atoms with Crippen LogP contribution in [0.5, 0.6) is 0 Å². The van der Waals surface area contributed by atoms with Gasteiger partial charge in [0.15, 0.2) is 0 Å². The molecule has 1 atom stereocenters. The summed E-state index contributed by atoms with van der Waals surface area (Å²) in [5.41, 5.74) is 0. The second-order valence-electron chi connectivity index (χ2n) is 4.58. The van der Waals surface area contributed by atoms with Crippen LogP contribution in [0.2, 0.25) is 0 Å². The number of amides is 1. The first kappa shape index (κ1) is 17.9. The first-order valence-electron chi connectivity index (χ1n) is 6.14. The Kier molecular flexibility index (Phi) is 7.94. The number of carbonyl (C=O) groups is 1. The average Bonchev–Trinajstić information content (AvgIpc) is 2.26. The number of rotatable bonds is 10. The van der Waals surface area contributed by atoms with E-state index >= 15 is 0 Å². The maximum absolute atomic E-state index is 11.5. The molecule has 0 aromatic carbocycles. The van der Waals surface area contributed by atoms with Crippen LogP contribution in [0.1, 0.15) is 40.0 Å². The van der Waals surface area contributed by atoms with E-state index in [4.69, 9.17) is 0 Å². The predicted molar refractivity (Wildman–Crippen MR) is 66.2 cm³/mol. The number of hydrogen-bond acceptors (Lipinski definition) is 7. The van der Waals surface area contributed by atoms with Gasteiger partial charge in [0.25, 0.3) is 16.5 Å². The van der Waals surface area contributed by atoms with Gasteiger partial charge in [0.1, 0.15) is 0 Å². The molecule has 1 amide bonds. The van der Waals surface area contributed by atoms with Gasteiger partial charge in [0, 0.05) is 12.5 Å². The van der Waals surface area contributed by atoms with E-state index in [-0.39, 0.29) is 37.1 Å². The van der Waals surface area contributed by atoms with Gasteiger partial charge in [-0.1, -0.05) is 13.8 Å². The third-order valence-electron chi connectivity index (χ3n) is 2.64. The molecule has 0 radical (unpaired) electrons. The lowest BCUT2D eigenvalue weighted by atomic mass is 10.1. The largest absolute Gasteiger partial charge is 0.353 e. The second-order valence-corrected chi connectivity index (χ2v) is 4.58. The van der Waals surface area contributed by atoms with Crippen LogP contribution >= 0.6 is 0 Å². The zero-order chi connectivity index (χ0) is 15.7. The summed E-state index contributed by atoms with van der Waals surface area (Å²) in [4.78, 5) is 39.7. The lowest BCUT2D eigenvalue weighted by Gasteiger charge is -2.17. The molecular formula is C10H19N3O7. The van der Waals surface area contributed by atoms with Crippen molar-refractivity contribution >= 4 is 5.91 Å². The molecule has 10 nitrogen and oxygen atoms in total. The molecule has 116 valence electrons. The molecular weight excluding hydrogens is 274 g/mol. The summed E-state index contributed by atoms with van der Waals surface area (Å²) in [6.45, 7) is 5.77. The quantitative estimate of drug-likeness (QED) is 0.361. The van der Waals surface area contributed by atoms with Crippen molar-refractivity contribution in [1.82, 2.24) is 5.32 Å². The molecule has 0 aliphatic heterocycles. The number of nitrogens with zero attached hydrogens (tertiary/aromatic N) is 2. The van der Waals surface area contributed by atoms with Gasteiger partial charge in [-0.3, -0.25) is 14.5 Å². The maximum Gasteiger partial charge on any atom is 0.296 e. The van der Waals surface area contributed by atoms with Crippen molar-refractivity contribution in [3.63, 3.8) is 0 Å². The van der Waals surface area contributed by atoms with E-state index < -0.39 is 16.5 Å². The zero-order valence-corrected chi connectivity index (χ0v) is 11.6. The molecule has 0 rings (SSSR count). The molecule has 1 N–H and O–H groups in total. The summed E-state index contributed by atoms with van der Waals surface area (Å²) >= 11 is 0. The van der Waals surface area contributed by atoms with Gasteiger partial charge in [0.05, 0.1) is 0 Å². The molecule has 0 spiro atoms. The van der Waals surface area contributed by atoms with Gasteiger partial charge in [-0.2, -0.15) is 0 Å². The highest BCUT2D eigenvalue weighted by molar-refractivity contribution is 5.76. The Morgan fingerprint density at radius 2 is 1.65 bits per heavy atom. The van der Waals surface area contributed by atoms with Crippen molar-refractivity contribution < 1.29 is 24.6 Å². The van der Waals surface area contributed by atoms with Crippen LogP contribution in [0.3, 0.4) is 0 Å². The summed E-state index contributed by atoms with van der Waals surface area (Å²) in [5.74, 6) is 0.0505. The van der Waals surface area contributed by atoms with Crippen molar-refractivity contribution in [3.8, 4) is 0 Å². The second kappa shape index (κ2) is 8.88. The van der Waals surface area contributed by atoms with Crippen molar-refractivity contribution in [1.29, 1.82) is 0 Å². The fourth-order valence-corrected chi connectivity index (χ4v) is 1.24. The molecule has 0 saturated heterocycles. The molecule has 10 heteroatoms. The average molecular weight is 293 g/mol. The van der Waals surface area contributed by atoms with Gasteiger partial charge in [-0.25, -0.2) is 0 Å². The zero-order valence-electron chi connectivity index (χ0n) is 11.6. The molecule has 0 saturated carbocycles. The van der Waals surface area contributed by atoms with Crippen LogP contribution in [0, 0.1) is 26.1 Å². The van der Waals surface area contributed by atoms with Gasteiger partial charge < -0.3 is 5.32 Å². The first-order valence-corrected chi connectivity index (χ1v) is 6.14. The SMILES string of the molecule is CC(C)C(C)NC(=O)CCCC(O[N+](=O)[O-])O[N+](=O)[O-]. The smallest absolute Gasteiger partial charge is 0.296 e. The van der Waals surface area contributed by atoms with E-state index in [9.17, 15) is 25.0 Å². The maximum atomic E-state index is 11.5. The monoisotopic (exact) mass is 293 g/mol. The molecule has 0 aliphatic rings. The first-order chi connectivity index (χ1) is 9.22. The van der Waals surface area contributed by atoms with Gasteiger partial charge in [0.2, 0.25) is 5.91 Å². The van der Waals surface area contributed by atoms with Crippen LogP contribution in [0.15, 0.2) is 0 Å².